The number of ether oxygens (including phenoxy) is 2. The van der Waals surface area contributed by atoms with E-state index in [1.165, 1.54) is 38.5 Å². The summed E-state index contributed by atoms with van der Waals surface area (Å²) in [6.07, 6.45) is 7.65. The zero-order valence-corrected chi connectivity index (χ0v) is 11.3. The molecule has 0 bridgehead atoms. The summed E-state index contributed by atoms with van der Waals surface area (Å²) in [5.74, 6) is 0.721. The fraction of sp³-hybridized carbons (Fsp3) is 1.00. The lowest BCUT2D eigenvalue weighted by Crippen LogP contribution is -2.46. The predicted molar refractivity (Wildman–Crippen MR) is 69.2 cm³/mol. The maximum absolute atomic E-state index is 6.09. The normalized spacial score (nSPS) is 29.6. The number of likely N-dealkylation sites (N-methyl/N-ethyl adjacent to an activating group) is 1. The second kappa shape index (κ2) is 6.17. The Morgan fingerprint density at radius 3 is 2.82 bits per heavy atom. The summed E-state index contributed by atoms with van der Waals surface area (Å²) in [6.45, 7) is 4.66. The SMILES string of the molecule is CCOCC(NC)C1CCOC2(CCCC2)C1. The molecule has 2 rings (SSSR count). The van der Waals surface area contributed by atoms with Crippen LogP contribution in [0.2, 0.25) is 0 Å². The molecule has 2 fully saturated rings. The van der Waals surface area contributed by atoms with Crippen LogP contribution in [0.3, 0.4) is 0 Å². The lowest BCUT2D eigenvalue weighted by atomic mass is 9.81. The molecule has 0 amide bonds. The molecular weight excluding hydrogens is 214 g/mol. The molecule has 1 aliphatic heterocycles. The Bertz CT molecular complexity index is 226. The predicted octanol–water partition coefficient (Wildman–Crippen LogP) is 2.35. The molecule has 0 aromatic heterocycles. The molecule has 2 atom stereocenters. The highest BCUT2D eigenvalue weighted by atomic mass is 16.5. The van der Waals surface area contributed by atoms with Crippen molar-refractivity contribution < 1.29 is 9.47 Å². The average molecular weight is 241 g/mol. The summed E-state index contributed by atoms with van der Waals surface area (Å²) in [7, 11) is 2.06. The van der Waals surface area contributed by atoms with E-state index in [9.17, 15) is 0 Å². The van der Waals surface area contributed by atoms with Gasteiger partial charge in [0.25, 0.3) is 0 Å². The van der Waals surface area contributed by atoms with Gasteiger partial charge in [0.1, 0.15) is 0 Å². The fourth-order valence-corrected chi connectivity index (χ4v) is 3.48. The van der Waals surface area contributed by atoms with Gasteiger partial charge in [-0.2, -0.15) is 0 Å². The maximum atomic E-state index is 6.09. The summed E-state index contributed by atoms with van der Waals surface area (Å²) < 4.78 is 11.7. The van der Waals surface area contributed by atoms with E-state index in [0.29, 0.717) is 6.04 Å². The third kappa shape index (κ3) is 3.21. The molecule has 1 spiro atoms. The highest BCUT2D eigenvalue weighted by Gasteiger charge is 2.41. The average Bonchev–Trinajstić information content (AvgIpc) is 2.78. The minimum absolute atomic E-state index is 0.226. The van der Waals surface area contributed by atoms with Gasteiger partial charge in [0, 0.05) is 19.3 Å². The molecule has 17 heavy (non-hydrogen) atoms. The number of rotatable bonds is 5. The topological polar surface area (TPSA) is 30.5 Å². The summed E-state index contributed by atoms with van der Waals surface area (Å²) in [5.41, 5.74) is 0.226. The van der Waals surface area contributed by atoms with Crippen molar-refractivity contribution in [1.29, 1.82) is 0 Å². The number of nitrogens with one attached hydrogen (secondary N) is 1. The summed E-state index contributed by atoms with van der Waals surface area (Å²) in [4.78, 5) is 0. The van der Waals surface area contributed by atoms with Gasteiger partial charge in [0.15, 0.2) is 0 Å². The molecule has 2 aliphatic rings. The van der Waals surface area contributed by atoms with Crippen molar-refractivity contribution in [1.82, 2.24) is 5.32 Å². The largest absolute Gasteiger partial charge is 0.380 e. The van der Waals surface area contributed by atoms with Gasteiger partial charge in [-0.25, -0.2) is 0 Å². The monoisotopic (exact) mass is 241 g/mol. The maximum Gasteiger partial charge on any atom is 0.0685 e. The second-order valence-electron chi connectivity index (χ2n) is 5.55. The van der Waals surface area contributed by atoms with Crippen LogP contribution in [-0.4, -0.2) is 38.5 Å². The van der Waals surface area contributed by atoms with E-state index in [4.69, 9.17) is 9.47 Å². The van der Waals surface area contributed by atoms with Crippen LogP contribution in [-0.2, 0) is 9.47 Å². The standard InChI is InChI=1S/C14H27NO2/c1-3-16-11-13(15-2)12-6-9-17-14(10-12)7-4-5-8-14/h12-13,15H,3-11H2,1-2H3. The first-order chi connectivity index (χ1) is 8.29. The van der Waals surface area contributed by atoms with Crippen molar-refractivity contribution in [3.05, 3.63) is 0 Å². The molecule has 0 aromatic rings. The molecular formula is C14H27NO2. The molecule has 1 saturated carbocycles. The van der Waals surface area contributed by atoms with Crippen molar-refractivity contribution in [2.45, 2.75) is 57.1 Å². The highest BCUT2D eigenvalue weighted by Crippen LogP contribution is 2.42. The van der Waals surface area contributed by atoms with Gasteiger partial charge >= 0.3 is 0 Å². The molecule has 0 radical (unpaired) electrons. The van der Waals surface area contributed by atoms with Gasteiger partial charge in [-0.05, 0) is 45.6 Å². The van der Waals surface area contributed by atoms with Crippen molar-refractivity contribution in [2.24, 2.45) is 5.92 Å². The molecule has 1 aliphatic carbocycles. The Labute approximate surface area is 105 Å². The van der Waals surface area contributed by atoms with Crippen LogP contribution in [0.4, 0.5) is 0 Å². The fourth-order valence-electron chi connectivity index (χ4n) is 3.48. The van der Waals surface area contributed by atoms with Crippen molar-refractivity contribution in [2.75, 3.05) is 26.9 Å². The third-order valence-electron chi connectivity index (χ3n) is 4.49. The van der Waals surface area contributed by atoms with Gasteiger partial charge in [-0.3, -0.25) is 0 Å². The molecule has 1 saturated heterocycles. The minimum Gasteiger partial charge on any atom is -0.380 e. The molecule has 3 heteroatoms. The van der Waals surface area contributed by atoms with Crippen molar-refractivity contribution in [3.8, 4) is 0 Å². The van der Waals surface area contributed by atoms with E-state index in [2.05, 4.69) is 19.3 Å². The molecule has 1 heterocycles. The Hall–Kier alpha value is -0.120. The van der Waals surface area contributed by atoms with Crippen molar-refractivity contribution in [3.63, 3.8) is 0 Å². The minimum atomic E-state index is 0.226. The first-order valence-electron chi connectivity index (χ1n) is 7.18. The summed E-state index contributed by atoms with van der Waals surface area (Å²) in [6, 6.07) is 0.497. The van der Waals surface area contributed by atoms with Crippen LogP contribution in [0.15, 0.2) is 0 Å². The smallest absolute Gasteiger partial charge is 0.0685 e. The van der Waals surface area contributed by atoms with Gasteiger partial charge < -0.3 is 14.8 Å². The van der Waals surface area contributed by atoms with E-state index in [0.717, 1.165) is 25.7 Å². The van der Waals surface area contributed by atoms with E-state index in [1.54, 1.807) is 0 Å². The highest BCUT2D eigenvalue weighted by molar-refractivity contribution is 4.94. The second-order valence-corrected chi connectivity index (χ2v) is 5.55. The van der Waals surface area contributed by atoms with Crippen LogP contribution in [0.5, 0.6) is 0 Å². The van der Waals surface area contributed by atoms with Crippen LogP contribution in [0, 0.1) is 5.92 Å². The van der Waals surface area contributed by atoms with Crippen LogP contribution in [0.1, 0.15) is 45.4 Å². The number of hydrogen-bond donors (Lipinski definition) is 1. The van der Waals surface area contributed by atoms with Gasteiger partial charge in [-0.1, -0.05) is 12.8 Å². The van der Waals surface area contributed by atoms with Crippen LogP contribution < -0.4 is 5.32 Å². The molecule has 2 unspecified atom stereocenters. The van der Waals surface area contributed by atoms with Gasteiger partial charge in [-0.15, -0.1) is 0 Å². The van der Waals surface area contributed by atoms with Gasteiger partial charge in [0.05, 0.1) is 12.2 Å². The summed E-state index contributed by atoms with van der Waals surface area (Å²) in [5, 5.41) is 3.43. The van der Waals surface area contributed by atoms with E-state index in [-0.39, 0.29) is 5.60 Å². The molecule has 100 valence electrons. The lowest BCUT2D eigenvalue weighted by Gasteiger charge is -2.41. The zero-order valence-electron chi connectivity index (χ0n) is 11.3. The van der Waals surface area contributed by atoms with Gasteiger partial charge in [0.2, 0.25) is 0 Å². The van der Waals surface area contributed by atoms with E-state index < -0.39 is 0 Å². The van der Waals surface area contributed by atoms with Crippen molar-refractivity contribution >= 4 is 0 Å². The quantitative estimate of drug-likeness (QED) is 0.801. The van der Waals surface area contributed by atoms with Crippen LogP contribution in [0.25, 0.3) is 0 Å². The Morgan fingerprint density at radius 2 is 2.18 bits per heavy atom. The van der Waals surface area contributed by atoms with Crippen LogP contribution >= 0.6 is 0 Å². The van der Waals surface area contributed by atoms with E-state index >= 15 is 0 Å². The Kier molecular flexibility index (Phi) is 4.83. The molecule has 1 N–H and O–H groups in total. The molecule has 0 aromatic carbocycles. The Balaban J connectivity index is 1.90. The lowest BCUT2D eigenvalue weighted by molar-refractivity contribution is -0.101. The summed E-state index contributed by atoms with van der Waals surface area (Å²) >= 11 is 0. The Morgan fingerprint density at radius 1 is 1.41 bits per heavy atom. The van der Waals surface area contributed by atoms with E-state index in [1.807, 2.05) is 0 Å². The first-order valence-corrected chi connectivity index (χ1v) is 7.18. The molecule has 3 nitrogen and oxygen atoms in total. The third-order valence-corrected chi connectivity index (χ3v) is 4.49. The first kappa shape index (κ1) is 13.3. The zero-order chi connectivity index (χ0) is 12.1. The number of hydrogen-bond acceptors (Lipinski definition) is 3.